The van der Waals surface area contributed by atoms with Gasteiger partial charge < -0.3 is 15.5 Å². The lowest BCUT2D eigenvalue weighted by molar-refractivity contribution is -0.122. The highest BCUT2D eigenvalue weighted by Gasteiger charge is 2.41. The SMILES string of the molecule is Cc1ccc(NC(=O)C2CCCN(C(=O)c3c(C)cccc3F)C2C2=CC=C(NC3CCCC3)CC2)cc1Cl. The molecule has 3 aliphatic rings. The van der Waals surface area contributed by atoms with Crippen LogP contribution in [0.1, 0.15) is 72.9 Å². The third-order valence-electron chi connectivity index (χ3n) is 8.41. The van der Waals surface area contributed by atoms with Gasteiger partial charge >= 0.3 is 0 Å². The van der Waals surface area contributed by atoms with Crippen LogP contribution in [0.5, 0.6) is 0 Å². The molecule has 2 amide bonds. The molecule has 206 valence electrons. The Morgan fingerprint density at radius 1 is 0.974 bits per heavy atom. The van der Waals surface area contributed by atoms with Gasteiger partial charge in [0.2, 0.25) is 5.91 Å². The van der Waals surface area contributed by atoms with Crippen LogP contribution >= 0.6 is 11.6 Å². The molecule has 2 N–H and O–H groups in total. The molecule has 1 aliphatic heterocycles. The van der Waals surface area contributed by atoms with Gasteiger partial charge in [0.1, 0.15) is 5.82 Å². The van der Waals surface area contributed by atoms with Gasteiger partial charge in [0.05, 0.1) is 17.5 Å². The largest absolute Gasteiger partial charge is 0.386 e. The number of nitrogens with one attached hydrogen (secondary N) is 2. The van der Waals surface area contributed by atoms with Gasteiger partial charge in [0.25, 0.3) is 5.91 Å². The summed E-state index contributed by atoms with van der Waals surface area (Å²) in [6.45, 7) is 4.15. The predicted molar refractivity (Wildman–Crippen MR) is 154 cm³/mol. The molecule has 2 unspecified atom stereocenters. The Morgan fingerprint density at radius 3 is 2.46 bits per heavy atom. The number of likely N-dealkylation sites (tertiary alicyclic amines) is 1. The number of benzene rings is 2. The number of amides is 2. The molecule has 7 heteroatoms. The van der Waals surface area contributed by atoms with Crippen molar-refractivity contribution in [3.63, 3.8) is 0 Å². The lowest BCUT2D eigenvalue weighted by Crippen LogP contribution is -2.53. The Labute approximate surface area is 235 Å². The highest BCUT2D eigenvalue weighted by molar-refractivity contribution is 6.31. The summed E-state index contributed by atoms with van der Waals surface area (Å²) in [4.78, 5) is 29.3. The van der Waals surface area contributed by atoms with Crippen molar-refractivity contribution in [2.24, 2.45) is 5.92 Å². The highest BCUT2D eigenvalue weighted by atomic mass is 35.5. The Kier molecular flexibility index (Phi) is 8.41. The summed E-state index contributed by atoms with van der Waals surface area (Å²) in [5.41, 5.74) is 4.49. The van der Waals surface area contributed by atoms with Crippen LogP contribution in [0, 0.1) is 25.6 Å². The first-order valence-corrected chi connectivity index (χ1v) is 14.5. The smallest absolute Gasteiger partial charge is 0.257 e. The van der Waals surface area contributed by atoms with E-state index in [1.165, 1.54) is 37.4 Å². The normalized spacial score (nSPS) is 21.8. The number of halogens is 2. The van der Waals surface area contributed by atoms with E-state index in [2.05, 4.69) is 22.8 Å². The van der Waals surface area contributed by atoms with Crippen molar-refractivity contribution < 1.29 is 14.0 Å². The number of carbonyl (C=O) groups is 2. The standard InChI is InChI=1S/C32H37ClFN3O2/c1-20-12-15-25(19-27(20)33)36-31(38)26-10-6-18-37(32(39)29-21(2)7-5-11-28(29)34)30(26)22-13-16-24(17-14-22)35-23-8-3-4-9-23/h5,7,11-13,15-16,19,23,26,30,35H,3-4,6,8-10,14,17-18H2,1-2H3,(H,36,38). The molecule has 0 radical (unpaired) electrons. The third-order valence-corrected chi connectivity index (χ3v) is 8.82. The molecule has 5 rings (SSSR count). The monoisotopic (exact) mass is 549 g/mol. The van der Waals surface area contributed by atoms with Crippen molar-refractivity contribution in [1.82, 2.24) is 10.2 Å². The van der Waals surface area contributed by atoms with E-state index < -0.39 is 17.8 Å². The molecule has 2 atom stereocenters. The number of carbonyl (C=O) groups excluding carboxylic acids is 2. The first kappa shape index (κ1) is 27.4. The van der Waals surface area contributed by atoms with E-state index in [9.17, 15) is 14.0 Å². The van der Waals surface area contributed by atoms with Crippen LogP contribution in [0.3, 0.4) is 0 Å². The zero-order valence-corrected chi connectivity index (χ0v) is 23.5. The van der Waals surface area contributed by atoms with Crippen molar-refractivity contribution in [2.75, 3.05) is 11.9 Å². The zero-order chi connectivity index (χ0) is 27.5. The zero-order valence-electron chi connectivity index (χ0n) is 22.7. The number of rotatable bonds is 6. The number of aryl methyl sites for hydroxylation is 2. The van der Waals surface area contributed by atoms with E-state index in [0.717, 1.165) is 24.0 Å². The van der Waals surface area contributed by atoms with Gasteiger partial charge in [-0.3, -0.25) is 9.59 Å². The fourth-order valence-corrected chi connectivity index (χ4v) is 6.44. The minimum absolute atomic E-state index is 0.0874. The van der Waals surface area contributed by atoms with Gasteiger partial charge in [-0.15, -0.1) is 0 Å². The molecule has 1 heterocycles. The van der Waals surface area contributed by atoms with Gasteiger partial charge in [0, 0.05) is 29.0 Å². The van der Waals surface area contributed by atoms with Gasteiger partial charge in [-0.05, 0) is 93.3 Å². The van der Waals surface area contributed by atoms with Gasteiger partial charge in [-0.2, -0.15) is 0 Å². The summed E-state index contributed by atoms with van der Waals surface area (Å²) >= 11 is 6.31. The van der Waals surface area contributed by atoms with Crippen LogP contribution in [0.25, 0.3) is 0 Å². The maximum Gasteiger partial charge on any atom is 0.257 e. The fraction of sp³-hybridized carbons (Fsp3) is 0.438. The second-order valence-electron chi connectivity index (χ2n) is 11.1. The van der Waals surface area contributed by atoms with Crippen molar-refractivity contribution in [2.45, 2.75) is 77.3 Å². The number of hydrogen-bond donors (Lipinski definition) is 2. The summed E-state index contributed by atoms with van der Waals surface area (Å²) in [6, 6.07) is 10.2. The van der Waals surface area contributed by atoms with Crippen LogP contribution in [-0.2, 0) is 4.79 Å². The van der Waals surface area contributed by atoms with Crippen molar-refractivity contribution in [3.8, 4) is 0 Å². The first-order chi connectivity index (χ1) is 18.8. The summed E-state index contributed by atoms with van der Waals surface area (Å²) < 4.78 is 14.9. The molecular formula is C32H37ClFN3O2. The van der Waals surface area contributed by atoms with E-state index >= 15 is 0 Å². The maximum absolute atomic E-state index is 14.9. The fourth-order valence-electron chi connectivity index (χ4n) is 6.26. The minimum atomic E-state index is -0.528. The second kappa shape index (κ2) is 12.0. The average molecular weight is 550 g/mol. The van der Waals surface area contributed by atoms with Gasteiger partial charge in [-0.25, -0.2) is 4.39 Å². The lowest BCUT2D eigenvalue weighted by atomic mass is 9.80. The van der Waals surface area contributed by atoms with E-state index in [-0.39, 0.29) is 17.4 Å². The van der Waals surface area contributed by atoms with Crippen LogP contribution in [0.15, 0.2) is 59.8 Å². The van der Waals surface area contributed by atoms with Crippen LogP contribution in [0.2, 0.25) is 5.02 Å². The Bertz CT molecular complexity index is 1290. The summed E-state index contributed by atoms with van der Waals surface area (Å²) in [5.74, 6) is -1.49. The van der Waals surface area contributed by atoms with Gasteiger partial charge in [-0.1, -0.05) is 48.7 Å². The van der Waals surface area contributed by atoms with Crippen LogP contribution in [-0.4, -0.2) is 35.3 Å². The minimum Gasteiger partial charge on any atom is -0.386 e. The van der Waals surface area contributed by atoms with E-state index in [1.807, 2.05) is 19.1 Å². The molecule has 1 saturated carbocycles. The molecule has 2 aromatic carbocycles. The van der Waals surface area contributed by atoms with E-state index in [4.69, 9.17) is 11.6 Å². The highest BCUT2D eigenvalue weighted by Crippen LogP contribution is 2.36. The van der Waals surface area contributed by atoms with Crippen molar-refractivity contribution in [1.29, 1.82) is 0 Å². The molecule has 1 saturated heterocycles. The van der Waals surface area contributed by atoms with Crippen LogP contribution in [0.4, 0.5) is 10.1 Å². The number of piperidine rings is 1. The number of anilines is 1. The Balaban J connectivity index is 1.46. The summed E-state index contributed by atoms with van der Waals surface area (Å²) in [5, 5.41) is 7.31. The lowest BCUT2D eigenvalue weighted by Gasteiger charge is -2.43. The van der Waals surface area contributed by atoms with E-state index in [0.29, 0.717) is 41.7 Å². The maximum atomic E-state index is 14.9. The molecule has 0 bridgehead atoms. The molecular weight excluding hydrogens is 513 g/mol. The first-order valence-electron chi connectivity index (χ1n) is 14.1. The number of hydrogen-bond acceptors (Lipinski definition) is 3. The second-order valence-corrected chi connectivity index (χ2v) is 11.5. The van der Waals surface area contributed by atoms with Gasteiger partial charge in [0.15, 0.2) is 0 Å². The quantitative estimate of drug-likeness (QED) is 0.404. The molecule has 2 aromatic rings. The molecule has 2 fully saturated rings. The average Bonchev–Trinajstić information content (AvgIpc) is 3.44. The third kappa shape index (κ3) is 6.06. The Hall–Kier alpha value is -3.12. The molecule has 0 aromatic heterocycles. The van der Waals surface area contributed by atoms with Crippen LogP contribution < -0.4 is 10.6 Å². The molecule has 0 spiro atoms. The molecule has 2 aliphatic carbocycles. The summed E-state index contributed by atoms with van der Waals surface area (Å²) in [7, 11) is 0. The Morgan fingerprint density at radius 2 is 1.77 bits per heavy atom. The number of nitrogens with zero attached hydrogens (tertiary/aromatic N) is 1. The topological polar surface area (TPSA) is 61.4 Å². The molecule has 39 heavy (non-hydrogen) atoms. The van der Waals surface area contributed by atoms with Crippen molar-refractivity contribution in [3.05, 3.63) is 87.4 Å². The predicted octanol–water partition coefficient (Wildman–Crippen LogP) is 7.09. The van der Waals surface area contributed by atoms with E-state index in [1.54, 1.807) is 30.0 Å². The molecule has 5 nitrogen and oxygen atoms in total. The number of allylic oxidation sites excluding steroid dienone is 3. The van der Waals surface area contributed by atoms with Crippen molar-refractivity contribution >= 4 is 29.1 Å². The summed E-state index contributed by atoms with van der Waals surface area (Å²) in [6.07, 6.45) is 12.0.